The van der Waals surface area contributed by atoms with E-state index in [-0.39, 0.29) is 23.7 Å². The van der Waals surface area contributed by atoms with Gasteiger partial charge in [-0.2, -0.15) is 0 Å². The molecule has 1 saturated heterocycles. The fourth-order valence-corrected chi connectivity index (χ4v) is 2.68. The number of hydrogen-bond donors (Lipinski definition) is 3. The van der Waals surface area contributed by atoms with Crippen molar-refractivity contribution in [3.63, 3.8) is 0 Å². The lowest BCUT2D eigenvalue weighted by molar-refractivity contribution is -0.139. The smallest absolute Gasteiger partial charge is 0.303 e. The van der Waals surface area contributed by atoms with Crippen molar-refractivity contribution in [2.45, 2.75) is 46.0 Å². The molecule has 1 amide bonds. The lowest BCUT2D eigenvalue weighted by Gasteiger charge is -2.35. The van der Waals surface area contributed by atoms with Crippen molar-refractivity contribution in [3.8, 4) is 0 Å². The molecular formula is C14H26N2O3. The number of carbonyl (C=O) groups excluding carboxylic acids is 1. The van der Waals surface area contributed by atoms with Crippen molar-refractivity contribution in [1.29, 1.82) is 0 Å². The minimum atomic E-state index is -0.798. The maximum absolute atomic E-state index is 12.4. The molecular weight excluding hydrogens is 244 g/mol. The fourth-order valence-electron chi connectivity index (χ4n) is 2.68. The zero-order chi connectivity index (χ0) is 14.3. The number of nitrogens with one attached hydrogen (secondary N) is 2. The van der Waals surface area contributed by atoms with Gasteiger partial charge < -0.3 is 15.7 Å². The van der Waals surface area contributed by atoms with Crippen molar-refractivity contribution in [2.24, 2.45) is 11.3 Å². The van der Waals surface area contributed by atoms with Crippen molar-refractivity contribution in [3.05, 3.63) is 0 Å². The molecule has 0 aromatic carbocycles. The summed E-state index contributed by atoms with van der Waals surface area (Å²) >= 11 is 0. The van der Waals surface area contributed by atoms with Gasteiger partial charge in [0.1, 0.15) is 0 Å². The Balaban J connectivity index is 2.50. The Morgan fingerprint density at radius 1 is 1.32 bits per heavy atom. The molecule has 0 aromatic rings. The zero-order valence-corrected chi connectivity index (χ0v) is 12.0. The van der Waals surface area contributed by atoms with Crippen LogP contribution in [-0.4, -0.2) is 36.6 Å². The molecule has 1 rings (SSSR count). The molecule has 1 unspecified atom stereocenters. The Bertz CT molecular complexity index is 312. The molecule has 0 radical (unpaired) electrons. The Morgan fingerprint density at radius 3 is 2.42 bits per heavy atom. The molecule has 0 bridgehead atoms. The van der Waals surface area contributed by atoms with Gasteiger partial charge in [-0.3, -0.25) is 9.59 Å². The molecule has 1 heterocycles. The summed E-state index contributed by atoms with van der Waals surface area (Å²) in [5.74, 6) is -0.675. The van der Waals surface area contributed by atoms with Crippen LogP contribution in [0.2, 0.25) is 0 Å². The fraction of sp³-hybridized carbons (Fsp3) is 0.857. The first-order valence-electron chi connectivity index (χ1n) is 7.25. The third-order valence-electron chi connectivity index (χ3n) is 4.31. The maximum Gasteiger partial charge on any atom is 0.303 e. The topological polar surface area (TPSA) is 78.4 Å². The van der Waals surface area contributed by atoms with Crippen molar-refractivity contribution >= 4 is 11.9 Å². The minimum Gasteiger partial charge on any atom is -0.481 e. The molecule has 1 atom stereocenters. The molecule has 5 heteroatoms. The highest BCUT2D eigenvalue weighted by molar-refractivity contribution is 5.82. The molecule has 19 heavy (non-hydrogen) atoms. The summed E-state index contributed by atoms with van der Waals surface area (Å²) in [6, 6.07) is 0. The van der Waals surface area contributed by atoms with Crippen LogP contribution in [0.25, 0.3) is 0 Å². The van der Waals surface area contributed by atoms with Crippen LogP contribution in [0.5, 0.6) is 0 Å². The van der Waals surface area contributed by atoms with E-state index in [1.54, 1.807) is 0 Å². The maximum atomic E-state index is 12.4. The number of carboxylic acids is 1. The van der Waals surface area contributed by atoms with Gasteiger partial charge in [0.2, 0.25) is 5.91 Å². The first-order valence-corrected chi connectivity index (χ1v) is 7.25. The standard InChI is InChI=1S/C14H26N2O3/c1-3-11(9-12(17)18)10-16-13(19)14(4-2)5-7-15-8-6-14/h11,15H,3-10H2,1-2H3,(H,16,19)(H,17,18). The van der Waals surface area contributed by atoms with Crippen LogP contribution in [-0.2, 0) is 9.59 Å². The van der Waals surface area contributed by atoms with Gasteiger partial charge in [-0.1, -0.05) is 20.3 Å². The minimum absolute atomic E-state index is 0.0251. The predicted molar refractivity (Wildman–Crippen MR) is 73.9 cm³/mol. The zero-order valence-electron chi connectivity index (χ0n) is 12.0. The number of carbonyl (C=O) groups is 2. The van der Waals surface area contributed by atoms with Gasteiger partial charge in [-0.05, 0) is 38.3 Å². The second-order valence-electron chi connectivity index (χ2n) is 5.47. The van der Waals surface area contributed by atoms with Crippen LogP contribution in [0.1, 0.15) is 46.0 Å². The molecule has 0 saturated carbocycles. The van der Waals surface area contributed by atoms with Crippen molar-refractivity contribution in [2.75, 3.05) is 19.6 Å². The summed E-state index contributed by atoms with van der Waals surface area (Å²) in [5.41, 5.74) is -0.257. The number of carboxylic acid groups (broad SMARTS) is 1. The Labute approximate surface area is 115 Å². The molecule has 1 fully saturated rings. The third kappa shape index (κ3) is 4.49. The van der Waals surface area contributed by atoms with E-state index in [1.165, 1.54) is 0 Å². The Hall–Kier alpha value is -1.10. The second kappa shape index (κ2) is 7.48. The largest absolute Gasteiger partial charge is 0.481 e. The van der Waals surface area contributed by atoms with E-state index in [0.29, 0.717) is 6.54 Å². The molecule has 3 N–H and O–H groups in total. The van der Waals surface area contributed by atoms with E-state index in [9.17, 15) is 9.59 Å². The number of hydrogen-bond acceptors (Lipinski definition) is 3. The summed E-state index contributed by atoms with van der Waals surface area (Å²) in [7, 11) is 0. The lowest BCUT2D eigenvalue weighted by Crippen LogP contribution is -2.48. The van der Waals surface area contributed by atoms with Gasteiger partial charge in [0.05, 0.1) is 5.41 Å². The SMILES string of the molecule is CCC(CNC(=O)C1(CC)CCNCC1)CC(=O)O. The van der Waals surface area contributed by atoms with Crippen LogP contribution in [0.15, 0.2) is 0 Å². The first-order chi connectivity index (χ1) is 9.04. The summed E-state index contributed by atoms with van der Waals surface area (Å²) in [6.45, 7) is 6.25. The van der Waals surface area contributed by atoms with Gasteiger partial charge in [0, 0.05) is 13.0 Å². The molecule has 110 valence electrons. The van der Waals surface area contributed by atoms with Crippen molar-refractivity contribution < 1.29 is 14.7 Å². The molecule has 1 aliphatic rings. The second-order valence-corrected chi connectivity index (χ2v) is 5.47. The van der Waals surface area contributed by atoms with Crippen LogP contribution in [0, 0.1) is 11.3 Å². The van der Waals surface area contributed by atoms with E-state index in [0.717, 1.165) is 38.8 Å². The normalized spacial score (nSPS) is 19.7. The van der Waals surface area contributed by atoms with E-state index in [1.807, 2.05) is 6.92 Å². The third-order valence-corrected chi connectivity index (χ3v) is 4.31. The Kier molecular flexibility index (Phi) is 6.28. The first kappa shape index (κ1) is 16.0. The molecule has 0 spiro atoms. The average molecular weight is 270 g/mol. The summed E-state index contributed by atoms with van der Waals surface area (Å²) in [6.07, 6.45) is 3.47. The van der Waals surface area contributed by atoms with E-state index >= 15 is 0 Å². The van der Waals surface area contributed by atoms with Crippen LogP contribution in [0.3, 0.4) is 0 Å². The quantitative estimate of drug-likeness (QED) is 0.653. The van der Waals surface area contributed by atoms with Gasteiger partial charge in [-0.25, -0.2) is 0 Å². The molecule has 0 aromatic heterocycles. The molecule has 0 aliphatic carbocycles. The summed E-state index contributed by atoms with van der Waals surface area (Å²) in [5, 5.41) is 15.0. The number of piperidine rings is 1. The highest BCUT2D eigenvalue weighted by Gasteiger charge is 2.37. The number of rotatable bonds is 7. The highest BCUT2D eigenvalue weighted by atomic mass is 16.4. The number of aliphatic carboxylic acids is 1. The van der Waals surface area contributed by atoms with E-state index in [2.05, 4.69) is 17.6 Å². The van der Waals surface area contributed by atoms with Crippen LogP contribution < -0.4 is 10.6 Å². The lowest BCUT2D eigenvalue weighted by atomic mass is 9.76. The van der Waals surface area contributed by atoms with Gasteiger partial charge in [0.15, 0.2) is 0 Å². The highest BCUT2D eigenvalue weighted by Crippen LogP contribution is 2.32. The monoisotopic (exact) mass is 270 g/mol. The van der Waals surface area contributed by atoms with E-state index < -0.39 is 5.97 Å². The van der Waals surface area contributed by atoms with Gasteiger partial charge >= 0.3 is 5.97 Å². The van der Waals surface area contributed by atoms with Gasteiger partial charge in [0.25, 0.3) is 0 Å². The van der Waals surface area contributed by atoms with Crippen LogP contribution in [0.4, 0.5) is 0 Å². The predicted octanol–water partition coefficient (Wildman–Crippen LogP) is 1.38. The molecule has 1 aliphatic heterocycles. The van der Waals surface area contributed by atoms with Crippen molar-refractivity contribution in [1.82, 2.24) is 10.6 Å². The summed E-state index contributed by atoms with van der Waals surface area (Å²) < 4.78 is 0. The average Bonchev–Trinajstić information content (AvgIpc) is 2.43. The molecule has 5 nitrogen and oxygen atoms in total. The van der Waals surface area contributed by atoms with Gasteiger partial charge in [-0.15, -0.1) is 0 Å². The Morgan fingerprint density at radius 2 is 1.95 bits per heavy atom. The number of amides is 1. The van der Waals surface area contributed by atoms with Crippen LogP contribution >= 0.6 is 0 Å². The van der Waals surface area contributed by atoms with E-state index in [4.69, 9.17) is 5.11 Å². The summed E-state index contributed by atoms with van der Waals surface area (Å²) in [4.78, 5) is 23.1.